The molecule has 1 aromatic heterocycles. The lowest BCUT2D eigenvalue weighted by atomic mass is 9.80. The molecule has 0 spiro atoms. The molecular formula is C19H23N3O5. The fraction of sp³-hybridized carbons (Fsp3) is 0.421. The number of likely N-dealkylation sites (tertiary alicyclic amines) is 1. The molecule has 1 saturated heterocycles. The van der Waals surface area contributed by atoms with Gasteiger partial charge in [0.25, 0.3) is 5.91 Å². The largest absolute Gasteiger partial charge is 0.481 e. The fourth-order valence-electron chi connectivity index (χ4n) is 3.53. The molecule has 0 aliphatic carbocycles. The second kappa shape index (κ2) is 7.79. The highest BCUT2D eigenvalue weighted by Crippen LogP contribution is 2.30. The highest BCUT2D eigenvalue weighted by molar-refractivity contribution is 5.99. The van der Waals surface area contributed by atoms with E-state index < -0.39 is 11.4 Å². The number of para-hydroxylation sites is 1. The molecule has 2 heterocycles. The Morgan fingerprint density at radius 1 is 1.33 bits per heavy atom. The Labute approximate surface area is 156 Å². The average Bonchev–Trinajstić information content (AvgIpc) is 3.10. The van der Waals surface area contributed by atoms with E-state index in [0.717, 1.165) is 10.9 Å². The number of nitrogens with zero attached hydrogens (tertiary/aromatic N) is 1. The van der Waals surface area contributed by atoms with Crippen molar-refractivity contribution in [1.29, 1.82) is 0 Å². The molecule has 8 nitrogen and oxygen atoms in total. The number of nitrogens with one attached hydrogen (secondary N) is 2. The number of piperidine rings is 1. The SMILES string of the molecule is COCC1(C(=O)O)CCCN(C(=O)CNC(=O)c2cc3ccccc3[nH]2)C1. The fourth-order valence-corrected chi connectivity index (χ4v) is 3.53. The van der Waals surface area contributed by atoms with Gasteiger partial charge in [0.2, 0.25) is 5.91 Å². The zero-order valence-electron chi connectivity index (χ0n) is 15.2. The van der Waals surface area contributed by atoms with Gasteiger partial charge >= 0.3 is 5.97 Å². The van der Waals surface area contributed by atoms with Gasteiger partial charge < -0.3 is 25.0 Å². The van der Waals surface area contributed by atoms with Crippen molar-refractivity contribution in [1.82, 2.24) is 15.2 Å². The maximum atomic E-state index is 12.5. The first-order chi connectivity index (χ1) is 12.9. The van der Waals surface area contributed by atoms with Crippen LogP contribution in [0, 0.1) is 5.41 Å². The van der Waals surface area contributed by atoms with Crippen LogP contribution in [-0.2, 0) is 14.3 Å². The van der Waals surface area contributed by atoms with Crippen LogP contribution in [0.5, 0.6) is 0 Å². The minimum Gasteiger partial charge on any atom is -0.481 e. The van der Waals surface area contributed by atoms with Gasteiger partial charge in [-0.15, -0.1) is 0 Å². The molecule has 3 N–H and O–H groups in total. The number of benzene rings is 1. The summed E-state index contributed by atoms with van der Waals surface area (Å²) >= 11 is 0. The van der Waals surface area contributed by atoms with Gasteiger partial charge in [-0.1, -0.05) is 18.2 Å². The number of rotatable bonds is 6. The van der Waals surface area contributed by atoms with Crippen LogP contribution in [0.4, 0.5) is 0 Å². The van der Waals surface area contributed by atoms with Crippen LogP contribution >= 0.6 is 0 Å². The van der Waals surface area contributed by atoms with Gasteiger partial charge in [0.05, 0.1) is 13.2 Å². The highest BCUT2D eigenvalue weighted by atomic mass is 16.5. The second-order valence-electron chi connectivity index (χ2n) is 6.89. The maximum Gasteiger partial charge on any atom is 0.313 e. The van der Waals surface area contributed by atoms with Crippen molar-refractivity contribution in [3.8, 4) is 0 Å². The molecule has 2 aromatic rings. The number of ether oxygens (including phenoxy) is 1. The van der Waals surface area contributed by atoms with E-state index in [9.17, 15) is 19.5 Å². The van der Waals surface area contributed by atoms with E-state index in [0.29, 0.717) is 25.1 Å². The Bertz CT molecular complexity index is 825. The van der Waals surface area contributed by atoms with E-state index >= 15 is 0 Å². The molecule has 1 fully saturated rings. The summed E-state index contributed by atoms with van der Waals surface area (Å²) in [5, 5.41) is 13.1. The Morgan fingerprint density at radius 2 is 2.11 bits per heavy atom. The summed E-state index contributed by atoms with van der Waals surface area (Å²) in [7, 11) is 1.45. The van der Waals surface area contributed by atoms with Crippen molar-refractivity contribution >= 4 is 28.7 Å². The van der Waals surface area contributed by atoms with Gasteiger partial charge in [-0.3, -0.25) is 14.4 Å². The number of carboxylic acid groups (broad SMARTS) is 1. The van der Waals surface area contributed by atoms with Gasteiger partial charge in [-0.2, -0.15) is 0 Å². The first kappa shape index (κ1) is 18.9. The first-order valence-corrected chi connectivity index (χ1v) is 8.81. The van der Waals surface area contributed by atoms with Gasteiger partial charge in [0.1, 0.15) is 11.1 Å². The number of methoxy groups -OCH3 is 1. The van der Waals surface area contributed by atoms with Crippen LogP contribution < -0.4 is 5.32 Å². The second-order valence-corrected chi connectivity index (χ2v) is 6.89. The quantitative estimate of drug-likeness (QED) is 0.705. The molecule has 144 valence electrons. The Morgan fingerprint density at radius 3 is 2.81 bits per heavy atom. The summed E-state index contributed by atoms with van der Waals surface area (Å²) in [6.45, 7) is 0.418. The standard InChI is InChI=1S/C19H23N3O5/c1-27-12-19(18(25)26)7-4-8-22(11-19)16(23)10-20-17(24)15-9-13-5-2-3-6-14(13)21-15/h2-3,5-6,9,21H,4,7-8,10-12H2,1H3,(H,20,24)(H,25,26). The summed E-state index contributed by atoms with van der Waals surface area (Å²) in [5.74, 6) is -1.65. The van der Waals surface area contributed by atoms with Crippen LogP contribution in [0.15, 0.2) is 30.3 Å². The first-order valence-electron chi connectivity index (χ1n) is 8.81. The monoisotopic (exact) mass is 373 g/mol. The number of carbonyl (C=O) groups is 3. The Kier molecular flexibility index (Phi) is 5.46. The summed E-state index contributed by atoms with van der Waals surface area (Å²) in [4.78, 5) is 41.0. The number of aromatic nitrogens is 1. The van der Waals surface area contributed by atoms with Gasteiger partial charge in [-0.05, 0) is 25.0 Å². The molecule has 2 amide bonds. The zero-order chi connectivity index (χ0) is 19.4. The third kappa shape index (κ3) is 3.95. The number of carbonyl (C=O) groups excluding carboxylic acids is 2. The van der Waals surface area contributed by atoms with E-state index in [1.165, 1.54) is 12.0 Å². The van der Waals surface area contributed by atoms with Crippen molar-refractivity contribution in [3.63, 3.8) is 0 Å². The van der Waals surface area contributed by atoms with Gasteiger partial charge in [0, 0.05) is 31.1 Å². The predicted molar refractivity (Wildman–Crippen MR) is 98.4 cm³/mol. The number of fused-ring (bicyclic) bond motifs is 1. The Hall–Kier alpha value is -2.87. The average molecular weight is 373 g/mol. The Balaban J connectivity index is 1.61. The summed E-state index contributed by atoms with van der Waals surface area (Å²) in [5.41, 5.74) is 0.127. The summed E-state index contributed by atoms with van der Waals surface area (Å²) in [6.07, 6.45) is 1.04. The summed E-state index contributed by atoms with van der Waals surface area (Å²) in [6, 6.07) is 9.24. The van der Waals surface area contributed by atoms with Crippen LogP contribution in [-0.4, -0.2) is 66.1 Å². The predicted octanol–water partition coefficient (Wildman–Crippen LogP) is 1.24. The molecule has 0 radical (unpaired) electrons. The van der Waals surface area contributed by atoms with E-state index in [2.05, 4.69) is 10.3 Å². The van der Waals surface area contributed by atoms with Crippen molar-refractivity contribution in [3.05, 3.63) is 36.0 Å². The van der Waals surface area contributed by atoms with Crippen molar-refractivity contribution in [2.45, 2.75) is 12.8 Å². The summed E-state index contributed by atoms with van der Waals surface area (Å²) < 4.78 is 5.07. The smallest absolute Gasteiger partial charge is 0.313 e. The van der Waals surface area contributed by atoms with Gasteiger partial charge in [0.15, 0.2) is 0 Å². The number of carboxylic acids is 1. The lowest BCUT2D eigenvalue weighted by Gasteiger charge is -2.39. The third-order valence-corrected chi connectivity index (χ3v) is 4.98. The molecule has 1 atom stereocenters. The van der Waals surface area contributed by atoms with E-state index in [4.69, 9.17) is 4.74 Å². The molecule has 1 unspecified atom stereocenters. The molecule has 0 bridgehead atoms. The molecular weight excluding hydrogens is 350 g/mol. The van der Waals surface area contributed by atoms with E-state index in [1.54, 1.807) is 6.07 Å². The van der Waals surface area contributed by atoms with Crippen molar-refractivity contribution in [2.75, 3.05) is 33.4 Å². The van der Waals surface area contributed by atoms with Crippen molar-refractivity contribution < 1.29 is 24.2 Å². The van der Waals surface area contributed by atoms with Crippen LogP contribution in [0.25, 0.3) is 10.9 Å². The van der Waals surface area contributed by atoms with Crippen LogP contribution in [0.1, 0.15) is 23.3 Å². The molecule has 1 aliphatic rings. The molecule has 3 rings (SSSR count). The van der Waals surface area contributed by atoms with Crippen molar-refractivity contribution in [2.24, 2.45) is 5.41 Å². The number of aromatic amines is 1. The maximum absolute atomic E-state index is 12.5. The molecule has 27 heavy (non-hydrogen) atoms. The highest BCUT2D eigenvalue weighted by Gasteiger charge is 2.43. The topological polar surface area (TPSA) is 112 Å². The third-order valence-electron chi connectivity index (χ3n) is 4.98. The minimum absolute atomic E-state index is 0.0491. The zero-order valence-corrected chi connectivity index (χ0v) is 15.2. The number of aliphatic carboxylic acids is 1. The lowest BCUT2D eigenvalue weighted by molar-refractivity contribution is -0.158. The number of amides is 2. The molecule has 1 aliphatic heterocycles. The molecule has 8 heteroatoms. The van der Waals surface area contributed by atoms with E-state index in [-0.39, 0.29) is 31.5 Å². The van der Waals surface area contributed by atoms with Crippen LogP contribution in [0.2, 0.25) is 0 Å². The normalized spacial score (nSPS) is 19.8. The minimum atomic E-state index is -1.09. The molecule has 1 aromatic carbocycles. The molecule has 0 saturated carbocycles. The van der Waals surface area contributed by atoms with Gasteiger partial charge in [-0.25, -0.2) is 0 Å². The number of H-pyrrole nitrogens is 1. The number of hydrogen-bond donors (Lipinski definition) is 3. The van der Waals surface area contributed by atoms with Crippen LogP contribution in [0.3, 0.4) is 0 Å². The van der Waals surface area contributed by atoms with E-state index in [1.807, 2.05) is 24.3 Å². The lowest BCUT2D eigenvalue weighted by Crippen LogP contribution is -2.53. The number of hydrogen-bond acceptors (Lipinski definition) is 4.